The van der Waals surface area contributed by atoms with Gasteiger partial charge in [0.2, 0.25) is 5.91 Å². The lowest BCUT2D eigenvalue weighted by atomic mass is 9.91. The minimum absolute atomic E-state index is 0.268. The van der Waals surface area contributed by atoms with E-state index in [2.05, 4.69) is 29.8 Å². The lowest BCUT2D eigenvalue weighted by molar-refractivity contribution is -0.134. The van der Waals surface area contributed by atoms with Gasteiger partial charge in [-0.05, 0) is 37.1 Å². The minimum Gasteiger partial charge on any atom is -0.497 e. The van der Waals surface area contributed by atoms with Crippen molar-refractivity contribution in [2.75, 3.05) is 78.0 Å². The maximum atomic E-state index is 12.9. The second-order valence-electron chi connectivity index (χ2n) is 9.61. The molecule has 1 amide bonds. The molecule has 0 N–H and O–H groups in total. The predicted octanol–water partition coefficient (Wildman–Crippen LogP) is 1.98. The van der Waals surface area contributed by atoms with E-state index in [-0.39, 0.29) is 5.91 Å². The molecule has 3 aliphatic rings. The summed E-state index contributed by atoms with van der Waals surface area (Å²) in [6.07, 6.45) is 4.03. The zero-order chi connectivity index (χ0) is 24.2. The summed E-state index contributed by atoms with van der Waals surface area (Å²) in [7, 11) is 3.27. The van der Waals surface area contributed by atoms with Crippen LogP contribution in [0.25, 0.3) is 11.3 Å². The Morgan fingerprint density at radius 1 is 0.914 bits per heavy atom. The fourth-order valence-electron chi connectivity index (χ4n) is 5.16. The summed E-state index contributed by atoms with van der Waals surface area (Å²) in [6, 6.07) is 10.4. The SMILES string of the molecule is COc1ccc(-c2ccc(N3CCN(CC(=O)N4CCN(C5CCC5)CC4)CC3)nn2)c(OC)c1. The molecule has 2 aromatic rings. The van der Waals surface area contributed by atoms with Crippen LogP contribution in [0.3, 0.4) is 0 Å². The van der Waals surface area contributed by atoms with Crippen LogP contribution in [0, 0.1) is 0 Å². The van der Waals surface area contributed by atoms with Crippen molar-refractivity contribution in [3.63, 3.8) is 0 Å². The largest absolute Gasteiger partial charge is 0.497 e. The Morgan fingerprint density at radius 3 is 2.29 bits per heavy atom. The van der Waals surface area contributed by atoms with Crippen molar-refractivity contribution < 1.29 is 14.3 Å². The van der Waals surface area contributed by atoms with Crippen molar-refractivity contribution in [1.82, 2.24) is 24.9 Å². The van der Waals surface area contributed by atoms with Crippen LogP contribution in [-0.2, 0) is 4.79 Å². The number of carbonyl (C=O) groups excluding carboxylic acids is 1. The molecule has 5 rings (SSSR count). The summed E-state index contributed by atoms with van der Waals surface area (Å²) in [4.78, 5) is 22.0. The molecular weight excluding hydrogens is 444 g/mol. The number of carbonyl (C=O) groups is 1. The Kier molecular flexibility index (Phi) is 7.34. The normalized spacial score (nSPS) is 19.9. The van der Waals surface area contributed by atoms with Gasteiger partial charge < -0.3 is 19.3 Å². The number of hydrogen-bond acceptors (Lipinski definition) is 8. The van der Waals surface area contributed by atoms with Gasteiger partial charge in [0, 0.05) is 70.0 Å². The smallest absolute Gasteiger partial charge is 0.236 e. The Hall–Kier alpha value is -2.91. The molecule has 3 heterocycles. The second kappa shape index (κ2) is 10.8. The average molecular weight is 481 g/mol. The molecule has 0 atom stereocenters. The highest BCUT2D eigenvalue weighted by Gasteiger charge is 2.30. The van der Waals surface area contributed by atoms with E-state index in [9.17, 15) is 4.79 Å². The average Bonchev–Trinajstić information content (AvgIpc) is 2.88. The van der Waals surface area contributed by atoms with E-state index in [1.165, 1.54) is 19.3 Å². The number of aromatic nitrogens is 2. The second-order valence-corrected chi connectivity index (χ2v) is 9.61. The van der Waals surface area contributed by atoms with E-state index in [0.29, 0.717) is 12.3 Å². The van der Waals surface area contributed by atoms with E-state index in [0.717, 1.165) is 81.2 Å². The standard InChI is InChI=1S/C26H36N6O3/c1-34-21-6-7-22(24(18-21)35-2)23-8-9-25(28-27-23)31-12-10-29(11-13-31)19-26(33)32-16-14-30(15-17-32)20-4-3-5-20/h6-9,18,20H,3-5,10-17,19H2,1-2H3. The van der Waals surface area contributed by atoms with Crippen LogP contribution in [0.4, 0.5) is 5.82 Å². The van der Waals surface area contributed by atoms with E-state index in [1.807, 2.05) is 30.3 Å². The molecule has 1 aromatic carbocycles. The van der Waals surface area contributed by atoms with Gasteiger partial charge in [-0.2, -0.15) is 0 Å². The van der Waals surface area contributed by atoms with Gasteiger partial charge in [0.25, 0.3) is 0 Å². The molecule has 0 spiro atoms. The summed E-state index contributed by atoms with van der Waals surface area (Å²) in [6.45, 7) is 7.69. The quantitative estimate of drug-likeness (QED) is 0.596. The Bertz CT molecular complexity index is 997. The van der Waals surface area contributed by atoms with Crippen LogP contribution in [0.5, 0.6) is 11.5 Å². The molecule has 1 aliphatic carbocycles. The molecule has 2 saturated heterocycles. The molecule has 0 radical (unpaired) electrons. The molecule has 0 unspecified atom stereocenters. The molecule has 3 fully saturated rings. The first-order valence-electron chi connectivity index (χ1n) is 12.7. The summed E-state index contributed by atoms with van der Waals surface area (Å²) >= 11 is 0. The molecule has 0 bridgehead atoms. The highest BCUT2D eigenvalue weighted by atomic mass is 16.5. The Labute approximate surface area is 207 Å². The molecule has 35 heavy (non-hydrogen) atoms. The first-order chi connectivity index (χ1) is 17.1. The van der Waals surface area contributed by atoms with Gasteiger partial charge in [0.15, 0.2) is 5.82 Å². The number of nitrogens with zero attached hydrogens (tertiary/aromatic N) is 6. The van der Waals surface area contributed by atoms with E-state index in [4.69, 9.17) is 9.47 Å². The maximum absolute atomic E-state index is 12.9. The Morgan fingerprint density at radius 2 is 1.69 bits per heavy atom. The summed E-state index contributed by atoms with van der Waals surface area (Å²) < 4.78 is 10.8. The van der Waals surface area contributed by atoms with Gasteiger partial charge in [0.1, 0.15) is 11.5 Å². The number of ether oxygens (including phenoxy) is 2. The fourth-order valence-corrected chi connectivity index (χ4v) is 5.16. The number of methoxy groups -OCH3 is 2. The predicted molar refractivity (Wildman–Crippen MR) is 135 cm³/mol. The van der Waals surface area contributed by atoms with Gasteiger partial charge in [-0.15, -0.1) is 10.2 Å². The van der Waals surface area contributed by atoms with Crippen LogP contribution in [-0.4, -0.2) is 110 Å². The lowest BCUT2D eigenvalue weighted by Crippen LogP contribution is -2.56. The van der Waals surface area contributed by atoms with Crippen molar-refractivity contribution >= 4 is 11.7 Å². The molecule has 9 heteroatoms. The third-order valence-corrected chi connectivity index (χ3v) is 7.65. The van der Waals surface area contributed by atoms with Crippen LogP contribution >= 0.6 is 0 Å². The Balaban J connectivity index is 1.11. The maximum Gasteiger partial charge on any atom is 0.236 e. The van der Waals surface area contributed by atoms with Crippen LogP contribution in [0.2, 0.25) is 0 Å². The van der Waals surface area contributed by atoms with E-state index >= 15 is 0 Å². The van der Waals surface area contributed by atoms with Crippen molar-refractivity contribution in [3.05, 3.63) is 30.3 Å². The molecule has 188 valence electrons. The van der Waals surface area contributed by atoms with Gasteiger partial charge in [-0.1, -0.05) is 6.42 Å². The van der Waals surface area contributed by atoms with Crippen molar-refractivity contribution in [1.29, 1.82) is 0 Å². The number of rotatable bonds is 7. The number of hydrogen-bond donors (Lipinski definition) is 0. The topological polar surface area (TPSA) is 74.3 Å². The van der Waals surface area contributed by atoms with Crippen molar-refractivity contribution in [3.8, 4) is 22.8 Å². The number of piperazine rings is 2. The highest BCUT2D eigenvalue weighted by molar-refractivity contribution is 5.78. The van der Waals surface area contributed by atoms with E-state index < -0.39 is 0 Å². The van der Waals surface area contributed by atoms with Gasteiger partial charge >= 0.3 is 0 Å². The number of benzene rings is 1. The summed E-state index contributed by atoms with van der Waals surface area (Å²) in [5, 5.41) is 8.93. The van der Waals surface area contributed by atoms with Gasteiger partial charge in [-0.3, -0.25) is 14.6 Å². The highest BCUT2D eigenvalue weighted by Crippen LogP contribution is 2.32. The molecular formula is C26H36N6O3. The molecule has 2 aliphatic heterocycles. The first-order valence-corrected chi connectivity index (χ1v) is 12.7. The molecule has 1 aromatic heterocycles. The molecule has 9 nitrogen and oxygen atoms in total. The molecule has 1 saturated carbocycles. The number of amides is 1. The summed E-state index contributed by atoms with van der Waals surface area (Å²) in [5.41, 5.74) is 1.64. The van der Waals surface area contributed by atoms with Gasteiger partial charge in [0.05, 0.1) is 26.5 Å². The van der Waals surface area contributed by atoms with E-state index in [1.54, 1.807) is 14.2 Å². The van der Waals surface area contributed by atoms with Crippen LogP contribution in [0.1, 0.15) is 19.3 Å². The zero-order valence-corrected chi connectivity index (χ0v) is 20.9. The van der Waals surface area contributed by atoms with Crippen molar-refractivity contribution in [2.45, 2.75) is 25.3 Å². The third kappa shape index (κ3) is 5.36. The van der Waals surface area contributed by atoms with Crippen molar-refractivity contribution in [2.24, 2.45) is 0 Å². The minimum atomic E-state index is 0.268. The summed E-state index contributed by atoms with van der Waals surface area (Å²) in [5.74, 6) is 2.57. The number of anilines is 1. The first kappa shape index (κ1) is 23.8. The fraction of sp³-hybridized carbons (Fsp3) is 0.577. The lowest BCUT2D eigenvalue weighted by Gasteiger charge is -2.43. The van der Waals surface area contributed by atoms with Gasteiger partial charge in [-0.25, -0.2) is 0 Å². The van der Waals surface area contributed by atoms with Crippen LogP contribution < -0.4 is 14.4 Å². The van der Waals surface area contributed by atoms with Crippen LogP contribution in [0.15, 0.2) is 30.3 Å². The zero-order valence-electron chi connectivity index (χ0n) is 20.9. The monoisotopic (exact) mass is 480 g/mol. The third-order valence-electron chi connectivity index (χ3n) is 7.65.